The number of hydrogen-bond acceptors (Lipinski definition) is 5. The van der Waals surface area contributed by atoms with Gasteiger partial charge in [0.1, 0.15) is 0 Å². The molecule has 108 valence electrons. The van der Waals surface area contributed by atoms with E-state index in [1.165, 1.54) is 18.2 Å². The highest BCUT2D eigenvalue weighted by molar-refractivity contribution is 9.10. The molecule has 19 heavy (non-hydrogen) atoms. The predicted octanol–water partition coefficient (Wildman–Crippen LogP) is 0.478. The number of sulfone groups is 1. The molecule has 0 aliphatic carbocycles. The lowest BCUT2D eigenvalue weighted by atomic mass is 10.4. The van der Waals surface area contributed by atoms with Gasteiger partial charge in [-0.3, -0.25) is 0 Å². The summed E-state index contributed by atoms with van der Waals surface area (Å²) in [4.78, 5) is 0.0189. The van der Waals surface area contributed by atoms with Crippen LogP contribution in [0.3, 0.4) is 0 Å². The van der Waals surface area contributed by atoms with Gasteiger partial charge in [0.25, 0.3) is 0 Å². The molecule has 1 aromatic carbocycles. The van der Waals surface area contributed by atoms with Gasteiger partial charge in [0.2, 0.25) is 10.0 Å². The molecule has 1 aromatic rings. The number of sulfonamides is 1. The molecule has 0 aliphatic rings. The fraction of sp³-hybridized carbons (Fsp3) is 0.400. The third-order valence-corrected chi connectivity index (χ3v) is 6.01. The van der Waals surface area contributed by atoms with Gasteiger partial charge in [-0.1, -0.05) is 0 Å². The van der Waals surface area contributed by atoms with Gasteiger partial charge in [0.15, 0.2) is 9.84 Å². The van der Waals surface area contributed by atoms with Crippen molar-refractivity contribution in [1.29, 1.82) is 0 Å². The molecule has 9 heteroatoms. The lowest BCUT2D eigenvalue weighted by molar-refractivity contribution is 0.562. The monoisotopic (exact) mass is 370 g/mol. The van der Waals surface area contributed by atoms with Crippen molar-refractivity contribution in [3.05, 3.63) is 22.7 Å². The third kappa shape index (κ3) is 4.25. The minimum atomic E-state index is -3.74. The molecule has 1 atom stereocenters. The van der Waals surface area contributed by atoms with Crippen LogP contribution in [0.2, 0.25) is 0 Å². The zero-order valence-electron chi connectivity index (χ0n) is 10.4. The number of nitrogens with two attached hydrogens (primary N) is 1. The average molecular weight is 371 g/mol. The van der Waals surface area contributed by atoms with E-state index >= 15 is 0 Å². The Morgan fingerprint density at radius 3 is 2.32 bits per heavy atom. The Balaban J connectivity index is 3.24. The van der Waals surface area contributed by atoms with Gasteiger partial charge in [-0.25, -0.2) is 21.6 Å². The van der Waals surface area contributed by atoms with Crippen LogP contribution in [0, 0.1) is 0 Å². The molecular formula is C10H15BrN2O4S2. The average Bonchev–Trinajstić information content (AvgIpc) is 2.26. The van der Waals surface area contributed by atoms with Crippen molar-refractivity contribution in [2.45, 2.75) is 22.8 Å². The van der Waals surface area contributed by atoms with Gasteiger partial charge in [0, 0.05) is 23.3 Å². The summed E-state index contributed by atoms with van der Waals surface area (Å²) in [5.41, 5.74) is 5.36. The van der Waals surface area contributed by atoms with Crippen LogP contribution in [0.25, 0.3) is 0 Å². The molecular weight excluding hydrogens is 356 g/mol. The van der Waals surface area contributed by atoms with E-state index in [-0.39, 0.29) is 20.8 Å². The van der Waals surface area contributed by atoms with Gasteiger partial charge >= 0.3 is 0 Å². The maximum absolute atomic E-state index is 12.0. The van der Waals surface area contributed by atoms with E-state index in [2.05, 4.69) is 20.7 Å². The molecule has 3 N–H and O–H groups in total. The maximum Gasteiger partial charge on any atom is 0.241 e. The first-order chi connectivity index (χ1) is 8.58. The highest BCUT2D eigenvalue weighted by atomic mass is 79.9. The smallest absolute Gasteiger partial charge is 0.241 e. The summed E-state index contributed by atoms with van der Waals surface area (Å²) < 4.78 is 49.4. The van der Waals surface area contributed by atoms with Gasteiger partial charge in [-0.2, -0.15) is 0 Å². The fourth-order valence-electron chi connectivity index (χ4n) is 1.31. The van der Waals surface area contributed by atoms with Crippen LogP contribution in [0.15, 0.2) is 32.5 Å². The Morgan fingerprint density at radius 2 is 1.89 bits per heavy atom. The maximum atomic E-state index is 12.0. The topological polar surface area (TPSA) is 106 Å². The number of nitrogens with one attached hydrogen (secondary N) is 1. The summed E-state index contributed by atoms with van der Waals surface area (Å²) in [7, 11) is -7.12. The SMILES string of the molecule is C[C@@H](CN)NS(=O)(=O)c1ccc(S(C)(=O)=O)cc1Br. The Hall–Kier alpha value is -0.480. The normalized spacial score (nSPS) is 14.3. The summed E-state index contributed by atoms with van der Waals surface area (Å²) in [5, 5.41) is 0. The van der Waals surface area contributed by atoms with Gasteiger partial charge in [-0.15, -0.1) is 0 Å². The predicted molar refractivity (Wildman–Crippen MR) is 76.1 cm³/mol. The van der Waals surface area contributed by atoms with E-state index in [0.717, 1.165) is 6.26 Å². The highest BCUT2D eigenvalue weighted by Gasteiger charge is 2.21. The molecule has 1 rings (SSSR count). The second-order valence-electron chi connectivity index (χ2n) is 4.12. The van der Waals surface area contributed by atoms with Crippen molar-refractivity contribution in [3.8, 4) is 0 Å². The molecule has 0 aromatic heterocycles. The minimum absolute atomic E-state index is 0.0276. The first-order valence-electron chi connectivity index (χ1n) is 5.30. The number of hydrogen-bond donors (Lipinski definition) is 2. The van der Waals surface area contributed by atoms with Crippen molar-refractivity contribution >= 4 is 35.8 Å². The van der Waals surface area contributed by atoms with Crippen molar-refractivity contribution in [1.82, 2.24) is 4.72 Å². The van der Waals surface area contributed by atoms with Crippen LogP contribution in [0.4, 0.5) is 0 Å². The Labute approximate surface area is 121 Å². The molecule has 0 amide bonds. The Morgan fingerprint density at radius 1 is 1.32 bits per heavy atom. The number of benzene rings is 1. The second kappa shape index (κ2) is 5.88. The van der Waals surface area contributed by atoms with Crippen LogP contribution < -0.4 is 10.5 Å². The van der Waals surface area contributed by atoms with E-state index in [9.17, 15) is 16.8 Å². The standard InChI is InChI=1S/C10H15BrN2O4S2/c1-7(6-12)13-19(16,17)10-4-3-8(5-9(10)11)18(2,14)15/h3-5,7,13H,6,12H2,1-2H3/t7-/m0/s1. The molecule has 6 nitrogen and oxygen atoms in total. The van der Waals surface area contributed by atoms with Crippen LogP contribution in [-0.2, 0) is 19.9 Å². The number of rotatable bonds is 5. The molecule has 0 unspecified atom stereocenters. The van der Waals surface area contributed by atoms with Gasteiger partial charge in [0.05, 0.1) is 9.79 Å². The van der Waals surface area contributed by atoms with E-state index < -0.39 is 25.9 Å². The van der Waals surface area contributed by atoms with E-state index in [1.54, 1.807) is 6.92 Å². The molecule has 0 spiro atoms. The third-order valence-electron chi connectivity index (χ3n) is 2.33. The molecule has 0 aliphatic heterocycles. The first kappa shape index (κ1) is 16.6. The lowest BCUT2D eigenvalue weighted by Crippen LogP contribution is -2.37. The van der Waals surface area contributed by atoms with Crippen molar-refractivity contribution in [2.75, 3.05) is 12.8 Å². The number of halogens is 1. The summed E-state index contributed by atoms with van der Waals surface area (Å²) in [6.07, 6.45) is 1.05. The first-order valence-corrected chi connectivity index (χ1v) is 9.46. The van der Waals surface area contributed by atoms with Gasteiger partial charge in [-0.05, 0) is 41.1 Å². The molecule has 0 heterocycles. The van der Waals surface area contributed by atoms with Gasteiger partial charge < -0.3 is 5.73 Å². The fourth-order valence-corrected chi connectivity index (χ4v) is 4.44. The van der Waals surface area contributed by atoms with Crippen molar-refractivity contribution in [2.24, 2.45) is 5.73 Å². The quantitative estimate of drug-likeness (QED) is 0.783. The van der Waals surface area contributed by atoms with Crippen LogP contribution in [0.1, 0.15) is 6.92 Å². The molecule has 0 fully saturated rings. The van der Waals surface area contributed by atoms with E-state index in [1.807, 2.05) is 0 Å². The Kier molecular flexibility index (Phi) is 5.13. The summed E-state index contributed by atoms with van der Waals surface area (Å²) in [5.74, 6) is 0. The lowest BCUT2D eigenvalue weighted by Gasteiger charge is -2.13. The van der Waals surface area contributed by atoms with Crippen LogP contribution >= 0.6 is 15.9 Å². The summed E-state index contributed by atoms with van der Waals surface area (Å²) in [6, 6.07) is 3.34. The molecule has 0 saturated heterocycles. The van der Waals surface area contributed by atoms with Crippen molar-refractivity contribution < 1.29 is 16.8 Å². The van der Waals surface area contributed by atoms with Crippen LogP contribution in [0.5, 0.6) is 0 Å². The largest absolute Gasteiger partial charge is 0.329 e. The van der Waals surface area contributed by atoms with Crippen molar-refractivity contribution in [3.63, 3.8) is 0 Å². The molecule has 0 radical (unpaired) electrons. The Bertz CT molecular complexity index is 671. The molecule has 0 saturated carbocycles. The van der Waals surface area contributed by atoms with E-state index in [0.29, 0.717) is 0 Å². The minimum Gasteiger partial charge on any atom is -0.329 e. The molecule has 0 bridgehead atoms. The van der Waals surface area contributed by atoms with E-state index in [4.69, 9.17) is 5.73 Å². The zero-order valence-corrected chi connectivity index (χ0v) is 13.6. The highest BCUT2D eigenvalue weighted by Crippen LogP contribution is 2.25. The summed E-state index contributed by atoms with van der Waals surface area (Å²) in [6.45, 7) is 1.80. The zero-order chi connectivity index (χ0) is 14.8. The van der Waals surface area contributed by atoms with Crippen LogP contribution in [-0.4, -0.2) is 35.7 Å². The summed E-state index contributed by atoms with van der Waals surface area (Å²) >= 11 is 3.07. The second-order valence-corrected chi connectivity index (χ2v) is 8.67.